The van der Waals surface area contributed by atoms with Crippen LogP contribution < -0.4 is 5.73 Å². The van der Waals surface area contributed by atoms with Crippen molar-refractivity contribution in [1.29, 1.82) is 0 Å². The van der Waals surface area contributed by atoms with Crippen molar-refractivity contribution in [2.24, 2.45) is 0 Å². The summed E-state index contributed by atoms with van der Waals surface area (Å²) in [7, 11) is -0.965. The fourth-order valence-electron chi connectivity index (χ4n) is 1.03. The lowest BCUT2D eigenvalue weighted by molar-refractivity contribution is 0.670. The van der Waals surface area contributed by atoms with Crippen LogP contribution in [0.5, 0.6) is 0 Å². The molecule has 72 valence electrons. The van der Waals surface area contributed by atoms with E-state index in [-0.39, 0.29) is 5.25 Å². The fraction of sp³-hybridized carbons (Fsp3) is 0.400. The molecule has 0 aliphatic rings. The molecule has 1 aromatic carbocycles. The van der Waals surface area contributed by atoms with Crippen LogP contribution in [-0.4, -0.2) is 9.46 Å². The van der Waals surface area contributed by atoms with E-state index in [2.05, 4.69) is 0 Å². The van der Waals surface area contributed by atoms with E-state index in [1.54, 1.807) is 6.07 Å². The summed E-state index contributed by atoms with van der Waals surface area (Å²) < 4.78 is 11.8. The van der Waals surface area contributed by atoms with Gasteiger partial charge in [0.2, 0.25) is 0 Å². The summed E-state index contributed by atoms with van der Waals surface area (Å²) >= 11 is 0. The number of anilines is 1. The maximum atomic E-state index is 11.8. The summed E-state index contributed by atoms with van der Waals surface area (Å²) in [6.07, 6.45) is 0.904. The average Bonchev–Trinajstić information content (AvgIpc) is 2.16. The van der Waals surface area contributed by atoms with Gasteiger partial charge in [0.1, 0.15) is 0 Å². The van der Waals surface area contributed by atoms with Gasteiger partial charge in [-0.3, -0.25) is 4.21 Å². The van der Waals surface area contributed by atoms with Crippen molar-refractivity contribution in [3.05, 3.63) is 24.3 Å². The molecular formula is C10H15NOS. The minimum absolute atomic E-state index is 0.171. The van der Waals surface area contributed by atoms with E-state index in [1.165, 1.54) is 0 Å². The molecule has 0 amide bonds. The molecule has 1 aromatic rings. The van der Waals surface area contributed by atoms with Crippen molar-refractivity contribution in [3.63, 3.8) is 0 Å². The van der Waals surface area contributed by atoms with Gasteiger partial charge < -0.3 is 5.73 Å². The van der Waals surface area contributed by atoms with Gasteiger partial charge in [0, 0.05) is 10.9 Å². The van der Waals surface area contributed by atoms with Crippen molar-refractivity contribution in [1.82, 2.24) is 0 Å². The van der Waals surface area contributed by atoms with Crippen molar-refractivity contribution in [3.8, 4) is 0 Å². The topological polar surface area (TPSA) is 43.1 Å². The van der Waals surface area contributed by atoms with Gasteiger partial charge in [-0.2, -0.15) is 0 Å². The zero-order valence-corrected chi connectivity index (χ0v) is 8.80. The Morgan fingerprint density at radius 3 is 2.62 bits per heavy atom. The highest BCUT2D eigenvalue weighted by molar-refractivity contribution is 7.85. The third-order valence-corrected chi connectivity index (χ3v) is 3.95. The van der Waals surface area contributed by atoms with Crippen LogP contribution in [0.25, 0.3) is 0 Å². The lowest BCUT2D eigenvalue weighted by Gasteiger charge is -2.10. The molecule has 0 fully saturated rings. The Kier molecular flexibility index (Phi) is 3.48. The molecule has 0 aromatic heterocycles. The van der Waals surface area contributed by atoms with Crippen LogP contribution in [0.2, 0.25) is 0 Å². The standard InChI is InChI=1S/C10H15NOS/c1-3-8(2)13(12)10-7-5-4-6-9(10)11/h4-8H,3,11H2,1-2H3. The Balaban J connectivity index is 2.95. The van der Waals surface area contributed by atoms with Gasteiger partial charge in [-0.1, -0.05) is 26.0 Å². The minimum Gasteiger partial charge on any atom is -0.398 e. The quantitative estimate of drug-likeness (QED) is 0.755. The first kappa shape index (κ1) is 10.3. The molecule has 2 atom stereocenters. The van der Waals surface area contributed by atoms with Crippen molar-refractivity contribution in [2.45, 2.75) is 30.4 Å². The average molecular weight is 197 g/mol. The van der Waals surface area contributed by atoms with E-state index in [1.807, 2.05) is 32.0 Å². The Morgan fingerprint density at radius 2 is 2.08 bits per heavy atom. The maximum Gasteiger partial charge on any atom is 0.0620 e. The summed E-state index contributed by atoms with van der Waals surface area (Å²) in [6.45, 7) is 4.00. The number of rotatable bonds is 3. The van der Waals surface area contributed by atoms with E-state index in [0.717, 1.165) is 11.3 Å². The number of para-hydroxylation sites is 1. The maximum absolute atomic E-state index is 11.8. The Labute approximate surface area is 81.6 Å². The van der Waals surface area contributed by atoms with E-state index < -0.39 is 10.8 Å². The van der Waals surface area contributed by atoms with Crippen LogP contribution in [0.15, 0.2) is 29.2 Å². The minimum atomic E-state index is -0.965. The number of nitrogens with two attached hydrogens (primary N) is 1. The molecule has 2 unspecified atom stereocenters. The van der Waals surface area contributed by atoms with Gasteiger partial charge in [0.05, 0.1) is 15.7 Å². The molecule has 0 radical (unpaired) electrons. The van der Waals surface area contributed by atoms with E-state index in [4.69, 9.17) is 5.73 Å². The highest BCUT2D eigenvalue weighted by Gasteiger charge is 2.12. The number of benzene rings is 1. The van der Waals surface area contributed by atoms with Gasteiger partial charge in [-0.05, 0) is 18.6 Å². The first-order chi connectivity index (χ1) is 6.16. The lowest BCUT2D eigenvalue weighted by atomic mass is 10.3. The molecule has 0 heterocycles. The second kappa shape index (κ2) is 4.42. The second-order valence-electron chi connectivity index (χ2n) is 3.05. The van der Waals surface area contributed by atoms with Crippen molar-refractivity contribution < 1.29 is 4.21 Å². The first-order valence-corrected chi connectivity index (χ1v) is 5.63. The molecule has 3 heteroatoms. The predicted molar refractivity (Wildman–Crippen MR) is 57.0 cm³/mol. The third kappa shape index (κ3) is 2.31. The van der Waals surface area contributed by atoms with Crippen molar-refractivity contribution >= 4 is 16.5 Å². The number of nitrogen functional groups attached to an aromatic ring is 1. The molecule has 0 saturated carbocycles. The van der Waals surface area contributed by atoms with Crippen LogP contribution >= 0.6 is 0 Å². The second-order valence-corrected chi connectivity index (χ2v) is 4.89. The highest BCUT2D eigenvalue weighted by atomic mass is 32.2. The summed E-state index contributed by atoms with van der Waals surface area (Å²) in [5.74, 6) is 0. The molecule has 0 spiro atoms. The van der Waals surface area contributed by atoms with E-state index >= 15 is 0 Å². The summed E-state index contributed by atoms with van der Waals surface area (Å²) in [5, 5.41) is 0.171. The van der Waals surface area contributed by atoms with Gasteiger partial charge in [-0.25, -0.2) is 0 Å². The van der Waals surface area contributed by atoms with Crippen LogP contribution in [0.4, 0.5) is 5.69 Å². The molecule has 0 bridgehead atoms. The number of hydrogen-bond acceptors (Lipinski definition) is 2. The Hall–Kier alpha value is -0.830. The Morgan fingerprint density at radius 1 is 1.46 bits per heavy atom. The molecule has 1 rings (SSSR count). The predicted octanol–water partition coefficient (Wildman–Crippen LogP) is 2.17. The molecular weight excluding hydrogens is 182 g/mol. The summed E-state index contributed by atoms with van der Waals surface area (Å²) in [4.78, 5) is 0.761. The number of hydrogen-bond donors (Lipinski definition) is 1. The van der Waals surface area contributed by atoms with Gasteiger partial charge in [0.15, 0.2) is 0 Å². The van der Waals surface area contributed by atoms with Gasteiger partial charge in [0.25, 0.3) is 0 Å². The monoisotopic (exact) mass is 197 g/mol. The fourth-order valence-corrected chi connectivity index (χ4v) is 2.28. The normalized spacial score (nSPS) is 15.2. The smallest absolute Gasteiger partial charge is 0.0620 e. The van der Waals surface area contributed by atoms with Crippen LogP contribution in [-0.2, 0) is 10.8 Å². The van der Waals surface area contributed by atoms with E-state index in [0.29, 0.717) is 5.69 Å². The van der Waals surface area contributed by atoms with Crippen LogP contribution in [0.3, 0.4) is 0 Å². The molecule has 2 nitrogen and oxygen atoms in total. The SMILES string of the molecule is CCC(C)S(=O)c1ccccc1N. The summed E-state index contributed by atoms with van der Waals surface area (Å²) in [5.41, 5.74) is 6.35. The van der Waals surface area contributed by atoms with Crippen LogP contribution in [0.1, 0.15) is 20.3 Å². The highest BCUT2D eigenvalue weighted by Crippen LogP contribution is 2.19. The van der Waals surface area contributed by atoms with Gasteiger partial charge >= 0.3 is 0 Å². The summed E-state index contributed by atoms with van der Waals surface area (Å²) in [6, 6.07) is 7.34. The van der Waals surface area contributed by atoms with E-state index in [9.17, 15) is 4.21 Å². The van der Waals surface area contributed by atoms with Crippen LogP contribution in [0, 0.1) is 0 Å². The molecule has 2 N–H and O–H groups in total. The zero-order chi connectivity index (χ0) is 9.84. The molecule has 13 heavy (non-hydrogen) atoms. The largest absolute Gasteiger partial charge is 0.398 e. The molecule has 0 aliphatic carbocycles. The molecule has 0 aliphatic heterocycles. The molecule has 0 saturated heterocycles. The zero-order valence-electron chi connectivity index (χ0n) is 7.99. The first-order valence-electron chi connectivity index (χ1n) is 4.42. The van der Waals surface area contributed by atoms with Gasteiger partial charge in [-0.15, -0.1) is 0 Å². The lowest BCUT2D eigenvalue weighted by Crippen LogP contribution is -2.10. The Bertz CT molecular complexity index is 312. The third-order valence-electron chi connectivity index (χ3n) is 2.08. The van der Waals surface area contributed by atoms with Crippen molar-refractivity contribution in [2.75, 3.05) is 5.73 Å².